The highest BCUT2D eigenvalue weighted by Gasteiger charge is 2.21. The third kappa shape index (κ3) is 3.27. The van der Waals surface area contributed by atoms with E-state index in [4.69, 9.17) is 9.84 Å². The minimum absolute atomic E-state index is 0.208. The van der Waals surface area contributed by atoms with Crippen molar-refractivity contribution in [2.75, 3.05) is 25.1 Å². The summed E-state index contributed by atoms with van der Waals surface area (Å²) in [5.41, 5.74) is -0.225. The Balaban J connectivity index is 2.04. The summed E-state index contributed by atoms with van der Waals surface area (Å²) < 4.78 is 18.6. The van der Waals surface area contributed by atoms with Crippen LogP contribution in [0.3, 0.4) is 0 Å². The smallest absolute Gasteiger partial charge is 0.338 e. The number of amides is 1. The first-order chi connectivity index (χ1) is 9.08. The maximum atomic E-state index is 13.4. The lowest BCUT2D eigenvalue weighted by Crippen LogP contribution is -2.48. The average molecular weight is 268 g/mol. The van der Waals surface area contributed by atoms with E-state index in [1.54, 1.807) is 0 Å². The van der Waals surface area contributed by atoms with Crippen LogP contribution in [0.1, 0.15) is 10.4 Å². The molecule has 0 bridgehead atoms. The number of morpholine rings is 1. The third-order valence-electron chi connectivity index (χ3n) is 2.71. The monoisotopic (exact) mass is 268 g/mol. The third-order valence-corrected chi connectivity index (χ3v) is 2.71. The predicted molar refractivity (Wildman–Crippen MR) is 64.6 cm³/mol. The van der Waals surface area contributed by atoms with Crippen molar-refractivity contribution in [2.24, 2.45) is 0 Å². The first-order valence-electron chi connectivity index (χ1n) is 5.73. The Labute approximate surface area is 108 Å². The molecule has 6 nitrogen and oxygen atoms in total. The zero-order valence-corrected chi connectivity index (χ0v) is 9.98. The molecule has 0 spiro atoms. The summed E-state index contributed by atoms with van der Waals surface area (Å²) in [5, 5.41) is 14.2. The summed E-state index contributed by atoms with van der Waals surface area (Å²) in [7, 11) is 0. The number of rotatable bonds is 3. The minimum Gasteiger partial charge on any atom is -0.478 e. The van der Waals surface area contributed by atoms with Gasteiger partial charge < -0.3 is 20.5 Å². The lowest BCUT2D eigenvalue weighted by atomic mass is 10.2. The van der Waals surface area contributed by atoms with E-state index >= 15 is 0 Å². The summed E-state index contributed by atoms with van der Waals surface area (Å²) in [6.07, 6.45) is 0. The van der Waals surface area contributed by atoms with Crippen molar-refractivity contribution in [3.63, 3.8) is 0 Å². The Morgan fingerprint density at radius 2 is 2.26 bits per heavy atom. The number of carboxylic acid groups (broad SMARTS) is 1. The van der Waals surface area contributed by atoms with Crippen LogP contribution in [0.15, 0.2) is 18.2 Å². The van der Waals surface area contributed by atoms with Crippen LogP contribution < -0.4 is 10.6 Å². The normalized spacial score (nSPS) is 18.9. The largest absolute Gasteiger partial charge is 0.478 e. The van der Waals surface area contributed by atoms with Gasteiger partial charge in [-0.2, -0.15) is 0 Å². The van der Waals surface area contributed by atoms with E-state index < -0.39 is 23.4 Å². The van der Waals surface area contributed by atoms with Gasteiger partial charge in [-0.3, -0.25) is 4.79 Å². The maximum Gasteiger partial charge on any atom is 0.338 e. The van der Waals surface area contributed by atoms with Gasteiger partial charge in [0.15, 0.2) is 0 Å². The molecule has 0 saturated carbocycles. The molecule has 1 fully saturated rings. The van der Waals surface area contributed by atoms with Crippen LogP contribution in [0.2, 0.25) is 0 Å². The fourth-order valence-electron chi connectivity index (χ4n) is 1.73. The molecular weight excluding hydrogens is 255 g/mol. The topological polar surface area (TPSA) is 87.7 Å². The standard InChI is InChI=1S/C12H13FN2O4/c13-9-5-7(1-2-8(9)12(17)18)15-11(16)10-6-19-4-3-14-10/h1-2,5,10,14H,3-4,6H2,(H,15,16)(H,17,18). The van der Waals surface area contributed by atoms with Gasteiger partial charge in [0.25, 0.3) is 0 Å². The van der Waals surface area contributed by atoms with Crippen molar-refractivity contribution in [2.45, 2.75) is 6.04 Å². The number of carbonyl (C=O) groups excluding carboxylic acids is 1. The van der Waals surface area contributed by atoms with E-state index in [0.29, 0.717) is 13.2 Å². The molecule has 1 saturated heterocycles. The first-order valence-corrected chi connectivity index (χ1v) is 5.73. The molecule has 1 aliphatic rings. The molecule has 0 aromatic heterocycles. The number of hydrogen-bond donors (Lipinski definition) is 3. The molecule has 0 radical (unpaired) electrons. The molecule has 1 unspecified atom stereocenters. The van der Waals surface area contributed by atoms with E-state index in [2.05, 4.69) is 10.6 Å². The van der Waals surface area contributed by atoms with Gasteiger partial charge in [0, 0.05) is 12.2 Å². The molecule has 3 N–H and O–H groups in total. The van der Waals surface area contributed by atoms with E-state index in [0.717, 1.165) is 12.1 Å². The van der Waals surface area contributed by atoms with Gasteiger partial charge in [-0.25, -0.2) is 9.18 Å². The molecular formula is C12H13FN2O4. The summed E-state index contributed by atoms with van der Waals surface area (Å²) in [4.78, 5) is 22.5. The molecule has 1 aliphatic heterocycles. The molecule has 1 heterocycles. The zero-order chi connectivity index (χ0) is 13.8. The Morgan fingerprint density at radius 1 is 1.47 bits per heavy atom. The Bertz CT molecular complexity index is 501. The van der Waals surface area contributed by atoms with Crippen molar-refractivity contribution in [1.82, 2.24) is 5.32 Å². The number of aromatic carboxylic acids is 1. The lowest BCUT2D eigenvalue weighted by Gasteiger charge is -2.22. The average Bonchev–Trinajstić information content (AvgIpc) is 2.39. The van der Waals surface area contributed by atoms with Gasteiger partial charge in [-0.1, -0.05) is 0 Å². The van der Waals surface area contributed by atoms with E-state index in [1.165, 1.54) is 6.07 Å². The quantitative estimate of drug-likeness (QED) is 0.741. The number of anilines is 1. The second kappa shape index (κ2) is 5.77. The van der Waals surface area contributed by atoms with Crippen LogP contribution in [0.25, 0.3) is 0 Å². The number of nitrogens with one attached hydrogen (secondary N) is 2. The molecule has 7 heteroatoms. The van der Waals surface area contributed by atoms with Gasteiger partial charge >= 0.3 is 5.97 Å². The van der Waals surface area contributed by atoms with Crippen molar-refractivity contribution in [3.8, 4) is 0 Å². The second-order valence-corrected chi connectivity index (χ2v) is 4.07. The second-order valence-electron chi connectivity index (χ2n) is 4.07. The SMILES string of the molecule is O=C(O)c1ccc(NC(=O)C2COCCN2)cc1F. The van der Waals surface area contributed by atoms with Crippen LogP contribution in [-0.4, -0.2) is 42.8 Å². The van der Waals surface area contributed by atoms with Crippen molar-refractivity contribution in [1.29, 1.82) is 0 Å². The summed E-state index contributed by atoms with van der Waals surface area (Å²) >= 11 is 0. The summed E-state index contributed by atoms with van der Waals surface area (Å²) in [6, 6.07) is 2.94. The van der Waals surface area contributed by atoms with E-state index in [1.807, 2.05) is 0 Å². The predicted octanol–water partition coefficient (Wildman–Crippen LogP) is 0.451. The highest BCUT2D eigenvalue weighted by atomic mass is 19.1. The lowest BCUT2D eigenvalue weighted by molar-refractivity contribution is -0.120. The van der Waals surface area contributed by atoms with Gasteiger partial charge in [0.1, 0.15) is 11.9 Å². The maximum absolute atomic E-state index is 13.4. The molecule has 19 heavy (non-hydrogen) atoms. The van der Waals surface area contributed by atoms with Crippen LogP contribution in [-0.2, 0) is 9.53 Å². The van der Waals surface area contributed by atoms with Crippen LogP contribution in [0, 0.1) is 5.82 Å². The zero-order valence-electron chi connectivity index (χ0n) is 9.98. The molecule has 102 valence electrons. The van der Waals surface area contributed by atoms with Gasteiger partial charge in [-0.15, -0.1) is 0 Å². The number of hydrogen-bond acceptors (Lipinski definition) is 4. The van der Waals surface area contributed by atoms with Crippen LogP contribution in [0.4, 0.5) is 10.1 Å². The molecule has 1 amide bonds. The van der Waals surface area contributed by atoms with E-state index in [-0.39, 0.29) is 18.2 Å². The molecule has 1 aromatic carbocycles. The summed E-state index contributed by atoms with van der Waals surface area (Å²) in [6.45, 7) is 1.37. The Morgan fingerprint density at radius 3 is 2.84 bits per heavy atom. The number of carboxylic acids is 1. The number of carbonyl (C=O) groups is 2. The number of halogens is 1. The van der Waals surface area contributed by atoms with E-state index in [9.17, 15) is 14.0 Å². The molecule has 0 aliphatic carbocycles. The number of benzene rings is 1. The van der Waals surface area contributed by atoms with Crippen molar-refractivity contribution < 1.29 is 23.8 Å². The Kier molecular flexibility index (Phi) is 4.08. The van der Waals surface area contributed by atoms with Crippen molar-refractivity contribution in [3.05, 3.63) is 29.6 Å². The highest BCUT2D eigenvalue weighted by molar-refractivity contribution is 5.95. The fraction of sp³-hybridized carbons (Fsp3) is 0.333. The summed E-state index contributed by atoms with van der Waals surface area (Å²) in [5.74, 6) is -2.59. The molecule has 2 rings (SSSR count). The van der Waals surface area contributed by atoms with Crippen LogP contribution >= 0.6 is 0 Å². The first kappa shape index (κ1) is 13.4. The van der Waals surface area contributed by atoms with Gasteiger partial charge in [0.2, 0.25) is 5.91 Å². The molecule has 1 atom stereocenters. The van der Waals surface area contributed by atoms with Gasteiger partial charge in [0.05, 0.1) is 18.8 Å². The highest BCUT2D eigenvalue weighted by Crippen LogP contribution is 2.15. The van der Waals surface area contributed by atoms with Gasteiger partial charge in [-0.05, 0) is 18.2 Å². The fourth-order valence-corrected chi connectivity index (χ4v) is 1.73. The van der Waals surface area contributed by atoms with Crippen molar-refractivity contribution >= 4 is 17.6 Å². The number of ether oxygens (including phenoxy) is 1. The minimum atomic E-state index is -1.35. The van der Waals surface area contributed by atoms with Crippen LogP contribution in [0.5, 0.6) is 0 Å². The molecule has 1 aromatic rings. The Hall–Kier alpha value is -1.99.